The van der Waals surface area contributed by atoms with Gasteiger partial charge in [0.25, 0.3) is 0 Å². The van der Waals surface area contributed by atoms with Crippen molar-refractivity contribution in [2.24, 2.45) is 11.7 Å². The summed E-state index contributed by atoms with van der Waals surface area (Å²) in [5.41, 5.74) is 5.94. The highest BCUT2D eigenvalue weighted by Crippen LogP contribution is 2.16. The van der Waals surface area contributed by atoms with Crippen LogP contribution in [0.4, 0.5) is 0 Å². The summed E-state index contributed by atoms with van der Waals surface area (Å²) in [5, 5.41) is 1.11. The van der Waals surface area contributed by atoms with Crippen LogP contribution in [0.3, 0.4) is 0 Å². The molecule has 1 atom stereocenters. The second-order valence-electron chi connectivity index (χ2n) is 5.72. The third kappa shape index (κ3) is 4.92. The van der Waals surface area contributed by atoms with Gasteiger partial charge in [-0.2, -0.15) is 0 Å². The number of rotatable bonds is 4. The average molecular weight is 333 g/mol. The quantitative estimate of drug-likeness (QED) is 0.907. The molecule has 0 spiro atoms. The van der Waals surface area contributed by atoms with E-state index in [-0.39, 0.29) is 30.3 Å². The zero-order valence-corrected chi connectivity index (χ0v) is 14.5. The number of aryl methyl sites for hydroxylation is 1. The maximum atomic E-state index is 12.2. The number of aromatic nitrogens is 1. The molecule has 1 amide bonds. The fourth-order valence-corrected chi connectivity index (χ4v) is 3.16. The molecule has 1 aromatic rings. The summed E-state index contributed by atoms with van der Waals surface area (Å²) >= 11 is 1.74. The standard InChI is InChI=1S/C14H24N4OS.ClH/c1-10(2)13(15)14(19)18-6-4-17(5-7-18)9-12-8-16-11(3)20-12;/h8,10,13H,4-7,9,15H2,1-3H3;1H/t13-;/m0./s1. The van der Waals surface area contributed by atoms with E-state index >= 15 is 0 Å². The average Bonchev–Trinajstić information content (AvgIpc) is 2.83. The number of piperazine rings is 1. The van der Waals surface area contributed by atoms with Crippen LogP contribution in [0.5, 0.6) is 0 Å². The molecule has 7 heteroatoms. The van der Waals surface area contributed by atoms with Gasteiger partial charge < -0.3 is 10.6 Å². The highest BCUT2D eigenvalue weighted by Gasteiger charge is 2.26. The largest absolute Gasteiger partial charge is 0.339 e. The number of amides is 1. The number of thiazole rings is 1. The molecule has 1 aromatic heterocycles. The number of carbonyl (C=O) groups is 1. The van der Waals surface area contributed by atoms with Gasteiger partial charge >= 0.3 is 0 Å². The third-order valence-electron chi connectivity index (χ3n) is 3.74. The molecule has 2 heterocycles. The molecule has 0 aromatic carbocycles. The second kappa shape index (κ2) is 8.08. The van der Waals surface area contributed by atoms with Crippen LogP contribution in [0.15, 0.2) is 6.20 Å². The summed E-state index contributed by atoms with van der Waals surface area (Å²) in [6, 6.07) is -0.370. The van der Waals surface area contributed by atoms with Crippen molar-refractivity contribution in [1.82, 2.24) is 14.8 Å². The van der Waals surface area contributed by atoms with Crippen molar-refractivity contribution < 1.29 is 4.79 Å². The summed E-state index contributed by atoms with van der Waals surface area (Å²) in [6.07, 6.45) is 1.95. The van der Waals surface area contributed by atoms with E-state index in [1.54, 1.807) is 11.3 Å². The minimum Gasteiger partial charge on any atom is -0.339 e. The Bertz CT molecular complexity index is 458. The van der Waals surface area contributed by atoms with Gasteiger partial charge in [-0.3, -0.25) is 9.69 Å². The van der Waals surface area contributed by atoms with Gasteiger partial charge in [0.05, 0.1) is 11.0 Å². The number of halogens is 1. The Hall–Kier alpha value is -0.690. The number of hydrogen-bond donors (Lipinski definition) is 1. The topological polar surface area (TPSA) is 62.5 Å². The van der Waals surface area contributed by atoms with Gasteiger partial charge in [0, 0.05) is 43.8 Å². The van der Waals surface area contributed by atoms with Crippen LogP contribution in [-0.2, 0) is 11.3 Å². The lowest BCUT2D eigenvalue weighted by Crippen LogP contribution is -2.54. The molecule has 1 aliphatic rings. The Kier molecular flexibility index (Phi) is 7.06. The molecule has 1 fully saturated rings. The molecule has 120 valence electrons. The highest BCUT2D eigenvalue weighted by atomic mass is 35.5. The zero-order chi connectivity index (χ0) is 14.7. The predicted molar refractivity (Wildman–Crippen MR) is 88.8 cm³/mol. The molecule has 21 heavy (non-hydrogen) atoms. The maximum Gasteiger partial charge on any atom is 0.239 e. The summed E-state index contributed by atoms with van der Waals surface area (Å²) in [4.78, 5) is 22.0. The summed E-state index contributed by atoms with van der Waals surface area (Å²) in [6.45, 7) is 10.3. The zero-order valence-electron chi connectivity index (χ0n) is 12.9. The van der Waals surface area contributed by atoms with E-state index in [0.717, 1.165) is 37.7 Å². The Morgan fingerprint density at radius 1 is 1.38 bits per heavy atom. The molecule has 0 saturated carbocycles. The van der Waals surface area contributed by atoms with Crippen molar-refractivity contribution in [3.05, 3.63) is 16.1 Å². The lowest BCUT2D eigenvalue weighted by molar-refractivity contribution is -0.135. The van der Waals surface area contributed by atoms with Crippen molar-refractivity contribution >= 4 is 29.7 Å². The predicted octanol–water partition coefficient (Wildman–Crippen LogP) is 1.50. The van der Waals surface area contributed by atoms with Crippen molar-refractivity contribution in [2.75, 3.05) is 26.2 Å². The van der Waals surface area contributed by atoms with Gasteiger partial charge in [-0.25, -0.2) is 4.98 Å². The van der Waals surface area contributed by atoms with Gasteiger partial charge in [-0.1, -0.05) is 13.8 Å². The minimum absolute atomic E-state index is 0. The molecule has 0 aliphatic carbocycles. The molecule has 1 saturated heterocycles. The van der Waals surface area contributed by atoms with Crippen molar-refractivity contribution in [1.29, 1.82) is 0 Å². The SMILES string of the molecule is Cc1ncc(CN2CCN(C(=O)[C@@H](N)C(C)C)CC2)s1.Cl. The molecular weight excluding hydrogens is 308 g/mol. The number of nitrogens with zero attached hydrogens (tertiary/aromatic N) is 3. The maximum absolute atomic E-state index is 12.2. The van der Waals surface area contributed by atoms with E-state index in [2.05, 4.69) is 9.88 Å². The van der Waals surface area contributed by atoms with Gasteiger partial charge in [0.2, 0.25) is 5.91 Å². The smallest absolute Gasteiger partial charge is 0.239 e. The van der Waals surface area contributed by atoms with Crippen molar-refractivity contribution in [3.8, 4) is 0 Å². The molecule has 0 radical (unpaired) electrons. The van der Waals surface area contributed by atoms with E-state index in [1.165, 1.54) is 4.88 Å². The van der Waals surface area contributed by atoms with Crippen LogP contribution in [0, 0.1) is 12.8 Å². The van der Waals surface area contributed by atoms with Crippen LogP contribution >= 0.6 is 23.7 Å². The van der Waals surface area contributed by atoms with Gasteiger partial charge in [0.15, 0.2) is 0 Å². The van der Waals surface area contributed by atoms with Crippen molar-refractivity contribution in [2.45, 2.75) is 33.4 Å². The number of hydrogen-bond acceptors (Lipinski definition) is 5. The van der Waals surface area contributed by atoms with Crippen LogP contribution in [0.25, 0.3) is 0 Å². The van der Waals surface area contributed by atoms with E-state index < -0.39 is 0 Å². The van der Waals surface area contributed by atoms with E-state index in [4.69, 9.17) is 5.73 Å². The van der Waals surface area contributed by atoms with E-state index in [0.29, 0.717) is 0 Å². The first-order valence-electron chi connectivity index (χ1n) is 7.15. The summed E-state index contributed by atoms with van der Waals surface area (Å²) in [7, 11) is 0. The molecule has 1 aliphatic heterocycles. The molecule has 2 rings (SSSR count). The monoisotopic (exact) mass is 332 g/mol. The van der Waals surface area contributed by atoms with Crippen LogP contribution < -0.4 is 5.73 Å². The normalized spacial score (nSPS) is 17.7. The number of carbonyl (C=O) groups excluding carboxylic acids is 1. The lowest BCUT2D eigenvalue weighted by Gasteiger charge is -2.36. The molecule has 0 unspecified atom stereocenters. The van der Waals surface area contributed by atoms with Gasteiger partial charge in [-0.05, 0) is 12.8 Å². The molecule has 0 bridgehead atoms. The number of nitrogens with two attached hydrogens (primary N) is 1. The van der Waals surface area contributed by atoms with Crippen LogP contribution in [0.2, 0.25) is 0 Å². The molecule has 5 nitrogen and oxygen atoms in total. The Balaban J connectivity index is 0.00000220. The fourth-order valence-electron chi connectivity index (χ4n) is 2.32. The lowest BCUT2D eigenvalue weighted by atomic mass is 10.0. The van der Waals surface area contributed by atoms with Crippen LogP contribution in [-0.4, -0.2) is 52.9 Å². The minimum atomic E-state index is -0.370. The first kappa shape index (κ1) is 18.4. The fraction of sp³-hybridized carbons (Fsp3) is 0.714. The third-order valence-corrected chi connectivity index (χ3v) is 4.63. The second-order valence-corrected chi connectivity index (χ2v) is 7.04. The molecular formula is C14H25ClN4OS. The Morgan fingerprint density at radius 3 is 2.48 bits per heavy atom. The van der Waals surface area contributed by atoms with E-state index in [9.17, 15) is 4.79 Å². The Labute approximate surface area is 136 Å². The van der Waals surface area contributed by atoms with E-state index in [1.807, 2.05) is 31.9 Å². The highest BCUT2D eigenvalue weighted by molar-refractivity contribution is 7.11. The van der Waals surface area contributed by atoms with Gasteiger partial charge in [0.1, 0.15) is 0 Å². The summed E-state index contributed by atoms with van der Waals surface area (Å²) in [5.74, 6) is 0.286. The van der Waals surface area contributed by atoms with Gasteiger partial charge in [-0.15, -0.1) is 23.7 Å². The van der Waals surface area contributed by atoms with Crippen molar-refractivity contribution in [3.63, 3.8) is 0 Å². The summed E-state index contributed by atoms with van der Waals surface area (Å²) < 4.78 is 0. The first-order valence-corrected chi connectivity index (χ1v) is 7.97. The molecule has 2 N–H and O–H groups in total. The van der Waals surface area contributed by atoms with Crippen LogP contribution in [0.1, 0.15) is 23.7 Å². The first-order chi connectivity index (χ1) is 9.47. The Morgan fingerprint density at radius 2 is 2.00 bits per heavy atom.